The molecule has 0 spiro atoms. The molecular formula is C37H49BrN4O6S. The number of piperidine rings is 1. The van der Waals surface area contributed by atoms with Gasteiger partial charge < -0.3 is 45.8 Å². The van der Waals surface area contributed by atoms with Gasteiger partial charge in [-0.1, -0.05) is 30.3 Å². The summed E-state index contributed by atoms with van der Waals surface area (Å²) < 4.78 is 30.2. The van der Waals surface area contributed by atoms with Crippen LogP contribution >= 0.6 is 0 Å². The van der Waals surface area contributed by atoms with Gasteiger partial charge >= 0.3 is 5.97 Å². The maximum Gasteiger partial charge on any atom is 0.316 e. The molecule has 4 unspecified atom stereocenters. The lowest BCUT2D eigenvalue weighted by Gasteiger charge is -2.49. The Balaban J connectivity index is 0.000000216. The van der Waals surface area contributed by atoms with E-state index in [1.54, 1.807) is 20.4 Å². The second-order valence-corrected chi connectivity index (χ2v) is 14.7. The highest BCUT2D eigenvalue weighted by molar-refractivity contribution is 7.84. The molecule has 4 heterocycles. The van der Waals surface area contributed by atoms with Crippen molar-refractivity contribution in [3.8, 4) is 11.5 Å². The first-order valence-corrected chi connectivity index (χ1v) is 17.9. The number of methoxy groups -OCH3 is 2. The zero-order valence-corrected chi connectivity index (χ0v) is 31.8. The predicted molar refractivity (Wildman–Crippen MR) is 187 cm³/mol. The van der Waals surface area contributed by atoms with E-state index in [4.69, 9.17) is 14.2 Å². The molecule has 266 valence electrons. The van der Waals surface area contributed by atoms with Crippen LogP contribution in [0.1, 0.15) is 67.8 Å². The highest BCUT2D eigenvalue weighted by atomic mass is 79.9. The number of quaternary nitrogens is 1. The molecule has 2 bridgehead atoms. The van der Waals surface area contributed by atoms with Crippen LogP contribution in [0.15, 0.2) is 59.9 Å². The Bertz CT molecular complexity index is 1740. The number of carbonyl (C=O) groups excluding carboxylic acids is 1. The number of fused-ring (bicyclic) bond motifs is 3. The number of hydrogen-bond acceptors (Lipinski definition) is 8. The van der Waals surface area contributed by atoms with Gasteiger partial charge in [-0.3, -0.25) is 14.0 Å². The number of aliphatic hydroxyl groups is 1. The van der Waals surface area contributed by atoms with E-state index < -0.39 is 16.7 Å². The molecule has 6 rings (SSSR count). The van der Waals surface area contributed by atoms with Gasteiger partial charge in [-0.2, -0.15) is 0 Å². The minimum Gasteiger partial charge on any atom is -1.00 e. The van der Waals surface area contributed by atoms with Gasteiger partial charge in [-0.15, -0.1) is 0 Å². The highest BCUT2D eigenvalue weighted by Gasteiger charge is 2.53. The van der Waals surface area contributed by atoms with Crippen molar-refractivity contribution in [2.45, 2.75) is 94.4 Å². The number of carbonyl (C=O) groups is 1. The number of esters is 1. The van der Waals surface area contributed by atoms with Crippen molar-refractivity contribution < 1.29 is 49.8 Å². The number of halogens is 1. The van der Waals surface area contributed by atoms with Crippen LogP contribution in [0.2, 0.25) is 0 Å². The number of aryl methyl sites for hydroxylation is 1. The topological polar surface area (TPSA) is 124 Å². The minimum atomic E-state index is -1.33. The van der Waals surface area contributed by atoms with Crippen molar-refractivity contribution >= 4 is 27.8 Å². The van der Waals surface area contributed by atoms with Gasteiger partial charge in [0.05, 0.1) is 79.3 Å². The summed E-state index contributed by atoms with van der Waals surface area (Å²) in [4.78, 5) is 24.5. The molecule has 2 aromatic heterocycles. The molecule has 2 fully saturated rings. The van der Waals surface area contributed by atoms with Crippen molar-refractivity contribution in [2.75, 3.05) is 27.9 Å². The molecule has 2 aliphatic rings. The molecule has 0 radical (unpaired) electrons. The van der Waals surface area contributed by atoms with E-state index in [9.17, 15) is 14.1 Å². The fourth-order valence-corrected chi connectivity index (χ4v) is 8.53. The van der Waals surface area contributed by atoms with Crippen LogP contribution in [0.5, 0.6) is 11.5 Å². The minimum absolute atomic E-state index is 0. The quantitative estimate of drug-likeness (QED) is 0.187. The van der Waals surface area contributed by atoms with Crippen molar-refractivity contribution in [1.29, 1.82) is 0 Å². The Hall–Kier alpha value is -3.32. The van der Waals surface area contributed by atoms with Crippen LogP contribution < -0.4 is 26.5 Å². The Morgan fingerprint density at radius 1 is 1.06 bits per heavy atom. The summed E-state index contributed by atoms with van der Waals surface area (Å²) in [6, 6.07) is 16.7. The molecule has 2 aliphatic heterocycles. The fourth-order valence-electron chi connectivity index (χ4n) is 7.43. The summed E-state index contributed by atoms with van der Waals surface area (Å²) in [5.74, 6) is 0.931. The van der Waals surface area contributed by atoms with Gasteiger partial charge in [0, 0.05) is 49.1 Å². The summed E-state index contributed by atoms with van der Waals surface area (Å²) in [6.07, 6.45) is 6.10. The largest absolute Gasteiger partial charge is 1.00 e. The molecule has 4 aromatic rings. The number of ether oxygens (including phenoxy) is 3. The normalized spacial score (nSPS) is 22.4. The SMILES string of the molecule is CC(C)[N+]1(C)[C@@H]2CC[C@H]1CC(OC(=O)C(CO)c1ccccc1)C2.COc1ccc2nc(S(=O)Cc3ncc(C)c(OC)c3C)[nH]c2c1.[Br-]. The Labute approximate surface area is 302 Å². The summed E-state index contributed by atoms with van der Waals surface area (Å²) in [5.41, 5.74) is 4.98. The monoisotopic (exact) mass is 756 g/mol. The van der Waals surface area contributed by atoms with Gasteiger partial charge in [-0.25, -0.2) is 4.98 Å². The lowest BCUT2D eigenvalue weighted by atomic mass is 9.94. The number of nitrogens with zero attached hydrogens (tertiary/aromatic N) is 3. The van der Waals surface area contributed by atoms with Crippen LogP contribution in [0.3, 0.4) is 0 Å². The van der Waals surface area contributed by atoms with Crippen molar-refractivity contribution in [3.05, 3.63) is 77.1 Å². The predicted octanol–water partition coefficient (Wildman–Crippen LogP) is 2.76. The number of rotatable bonds is 10. The zero-order valence-electron chi connectivity index (χ0n) is 29.4. The number of benzene rings is 2. The molecule has 0 amide bonds. The molecule has 0 aliphatic carbocycles. The van der Waals surface area contributed by atoms with Crippen molar-refractivity contribution in [3.63, 3.8) is 0 Å². The number of pyridine rings is 1. The van der Waals surface area contributed by atoms with E-state index in [2.05, 4.69) is 35.8 Å². The maximum atomic E-state index is 12.7. The van der Waals surface area contributed by atoms with Gasteiger partial charge in [0.1, 0.15) is 23.5 Å². The Morgan fingerprint density at radius 3 is 2.33 bits per heavy atom. The van der Waals surface area contributed by atoms with E-state index in [0.717, 1.165) is 62.2 Å². The van der Waals surface area contributed by atoms with E-state index >= 15 is 0 Å². The number of imidazole rings is 1. The summed E-state index contributed by atoms with van der Waals surface area (Å²) >= 11 is 0. The molecule has 10 nitrogen and oxygen atoms in total. The van der Waals surface area contributed by atoms with E-state index in [1.807, 2.05) is 62.4 Å². The Morgan fingerprint density at radius 2 is 1.73 bits per heavy atom. The van der Waals surface area contributed by atoms with E-state index in [0.29, 0.717) is 23.3 Å². The number of H-pyrrole nitrogens is 1. The van der Waals surface area contributed by atoms with Crippen LogP contribution in [0, 0.1) is 13.8 Å². The molecular weight excluding hydrogens is 708 g/mol. The van der Waals surface area contributed by atoms with Crippen molar-refractivity contribution in [2.24, 2.45) is 0 Å². The molecule has 49 heavy (non-hydrogen) atoms. The molecule has 2 aromatic carbocycles. The first-order chi connectivity index (χ1) is 23.0. The van der Waals surface area contributed by atoms with Crippen molar-refractivity contribution in [1.82, 2.24) is 15.0 Å². The van der Waals surface area contributed by atoms with E-state index in [-0.39, 0.29) is 41.4 Å². The van der Waals surface area contributed by atoms with Gasteiger partial charge in [0.25, 0.3) is 0 Å². The van der Waals surface area contributed by atoms with E-state index in [1.165, 1.54) is 12.8 Å². The number of nitrogens with one attached hydrogen (secondary N) is 1. The number of hydrogen-bond donors (Lipinski definition) is 2. The molecule has 2 N–H and O–H groups in total. The van der Waals surface area contributed by atoms with Crippen LogP contribution in [-0.2, 0) is 26.1 Å². The van der Waals surface area contributed by atoms with Gasteiger partial charge in [-0.05, 0) is 45.4 Å². The third kappa shape index (κ3) is 8.19. The number of aliphatic hydroxyl groups excluding tert-OH is 1. The zero-order chi connectivity index (χ0) is 34.6. The highest BCUT2D eigenvalue weighted by Crippen LogP contribution is 2.44. The number of aromatic amines is 1. The molecule has 6 atom stereocenters. The average molecular weight is 758 g/mol. The Kier molecular flexibility index (Phi) is 13.0. The number of aromatic nitrogens is 3. The molecule has 12 heteroatoms. The van der Waals surface area contributed by atoms with Crippen LogP contribution in [0.4, 0.5) is 0 Å². The smallest absolute Gasteiger partial charge is 0.316 e. The third-order valence-corrected chi connectivity index (χ3v) is 11.6. The standard InChI is InChI=1S/C20H30NO3.C17H19N3O3S.BrH/c1-14(2)21(3)16-9-10-17(21)12-18(11-16)24-20(23)19(13-22)15-7-5-4-6-8-15;1-10-8-18-15(11(2)16(10)23-4)9-24(21)17-19-13-6-5-12(22-3)7-14(13)20-17;/h4-8,14,16-19,22H,9-13H2,1-3H3;5-8H,9H2,1-4H3,(H,19,20);1H/q+1;;/p-1/t16-,17+,18?,19?,21?;;. The lowest BCUT2D eigenvalue weighted by Crippen LogP contribution is -3.00. The molecule has 0 saturated carbocycles. The second-order valence-electron chi connectivity index (χ2n) is 13.3. The third-order valence-electron chi connectivity index (χ3n) is 10.4. The van der Waals surface area contributed by atoms with Gasteiger partial charge in [0.15, 0.2) is 5.16 Å². The van der Waals surface area contributed by atoms with Gasteiger partial charge in [0.2, 0.25) is 0 Å². The first kappa shape index (κ1) is 38.5. The molecule has 2 saturated heterocycles. The first-order valence-electron chi connectivity index (χ1n) is 16.6. The summed E-state index contributed by atoms with van der Waals surface area (Å²) in [6.45, 7) is 8.26. The van der Waals surface area contributed by atoms with Crippen LogP contribution in [0.25, 0.3) is 11.0 Å². The lowest BCUT2D eigenvalue weighted by molar-refractivity contribution is -0.968. The summed E-state index contributed by atoms with van der Waals surface area (Å²) in [7, 11) is 4.27. The fraction of sp³-hybridized carbons (Fsp3) is 0.486. The average Bonchev–Trinajstić information content (AvgIpc) is 3.56. The maximum absolute atomic E-state index is 12.7. The van der Waals surface area contributed by atoms with Crippen LogP contribution in [-0.4, -0.2) is 86.8 Å². The second kappa shape index (κ2) is 16.6. The summed E-state index contributed by atoms with van der Waals surface area (Å²) in [5, 5.41) is 10.1.